The Hall–Kier alpha value is -2.33. The minimum absolute atomic E-state index is 0.310. The van der Waals surface area contributed by atoms with Gasteiger partial charge in [-0.05, 0) is 61.7 Å². The molecule has 0 spiro atoms. The first-order chi connectivity index (χ1) is 11.4. The Bertz CT molecular complexity index is 803. The summed E-state index contributed by atoms with van der Waals surface area (Å²) in [6.07, 6.45) is 4.78. The van der Waals surface area contributed by atoms with Gasteiger partial charge in [0, 0.05) is 23.6 Å². The van der Waals surface area contributed by atoms with Crippen molar-refractivity contribution in [1.29, 1.82) is 0 Å². The van der Waals surface area contributed by atoms with E-state index in [-0.39, 0.29) is 5.54 Å². The highest BCUT2D eigenvalue weighted by molar-refractivity contribution is 5.77. The second-order valence-electron chi connectivity index (χ2n) is 7.13. The maximum Gasteiger partial charge on any atom is 0.119 e. The number of aromatic nitrogens is 2. The fraction of sp³-hybridized carbons (Fsp3) is 0.350. The van der Waals surface area contributed by atoms with Gasteiger partial charge in [-0.15, -0.1) is 0 Å². The van der Waals surface area contributed by atoms with E-state index >= 15 is 0 Å². The Labute approximate surface area is 143 Å². The molecule has 3 aromatic rings. The molecule has 0 unspecified atom stereocenters. The molecule has 126 valence electrons. The average molecular weight is 323 g/mol. The smallest absolute Gasteiger partial charge is 0.119 e. The third kappa shape index (κ3) is 3.77. The number of hydrogen-bond donors (Lipinski definition) is 1. The normalized spacial score (nSPS) is 14.0. The molecule has 2 N–H and O–H groups in total. The van der Waals surface area contributed by atoms with E-state index in [1.54, 1.807) is 0 Å². The highest BCUT2D eigenvalue weighted by Crippen LogP contribution is 2.22. The second-order valence-corrected chi connectivity index (χ2v) is 7.13. The molecule has 0 amide bonds. The zero-order valence-corrected chi connectivity index (χ0v) is 14.6. The van der Waals surface area contributed by atoms with Crippen molar-refractivity contribution in [2.24, 2.45) is 11.7 Å². The predicted octanol–water partition coefficient (Wildman–Crippen LogP) is 4.17. The van der Waals surface area contributed by atoms with Crippen LogP contribution >= 0.6 is 0 Å². The zero-order valence-electron chi connectivity index (χ0n) is 14.6. The van der Waals surface area contributed by atoms with Gasteiger partial charge in [0.15, 0.2) is 0 Å². The minimum atomic E-state index is -0.310. The van der Waals surface area contributed by atoms with Crippen molar-refractivity contribution in [2.75, 3.05) is 6.61 Å². The Morgan fingerprint density at radius 1 is 1.17 bits per heavy atom. The summed E-state index contributed by atoms with van der Waals surface area (Å²) in [5.74, 6) is 1.40. The maximum atomic E-state index is 6.30. The van der Waals surface area contributed by atoms with Crippen molar-refractivity contribution >= 4 is 11.0 Å². The van der Waals surface area contributed by atoms with Crippen LogP contribution in [0.25, 0.3) is 16.7 Å². The Morgan fingerprint density at radius 3 is 2.62 bits per heavy atom. The number of nitrogens with zero attached hydrogens (tertiary/aromatic N) is 2. The topological polar surface area (TPSA) is 53.1 Å². The van der Waals surface area contributed by atoms with Crippen molar-refractivity contribution < 1.29 is 4.74 Å². The Kier molecular flexibility index (Phi) is 4.58. The van der Waals surface area contributed by atoms with Gasteiger partial charge in [0.1, 0.15) is 12.4 Å². The SMILES string of the molecule is CC(C)C[C@](C)(N)COc1ccc(-n2ccc3ncccc32)cc1. The second kappa shape index (κ2) is 6.65. The van der Waals surface area contributed by atoms with E-state index in [1.165, 1.54) is 0 Å². The monoisotopic (exact) mass is 323 g/mol. The van der Waals surface area contributed by atoms with Crippen LogP contribution in [0.1, 0.15) is 27.2 Å². The molecule has 3 rings (SSSR count). The van der Waals surface area contributed by atoms with Crippen molar-refractivity contribution in [3.05, 3.63) is 54.9 Å². The van der Waals surface area contributed by atoms with Crippen LogP contribution in [-0.2, 0) is 0 Å². The highest BCUT2D eigenvalue weighted by Gasteiger charge is 2.21. The van der Waals surface area contributed by atoms with E-state index in [1.807, 2.05) is 43.6 Å². The van der Waals surface area contributed by atoms with E-state index in [0.717, 1.165) is 28.9 Å². The summed E-state index contributed by atoms with van der Waals surface area (Å²) in [5.41, 5.74) is 9.16. The third-order valence-corrected chi connectivity index (χ3v) is 4.02. The zero-order chi connectivity index (χ0) is 17.2. The Balaban J connectivity index is 1.72. The third-order valence-electron chi connectivity index (χ3n) is 4.02. The summed E-state index contributed by atoms with van der Waals surface area (Å²) >= 11 is 0. The predicted molar refractivity (Wildman–Crippen MR) is 98.6 cm³/mol. The summed E-state index contributed by atoms with van der Waals surface area (Å²) in [6.45, 7) is 6.91. The van der Waals surface area contributed by atoms with Crippen LogP contribution < -0.4 is 10.5 Å². The van der Waals surface area contributed by atoms with Crippen molar-refractivity contribution in [3.63, 3.8) is 0 Å². The first kappa shape index (κ1) is 16.5. The molecular weight excluding hydrogens is 298 g/mol. The van der Waals surface area contributed by atoms with Gasteiger partial charge in [-0.2, -0.15) is 0 Å². The first-order valence-corrected chi connectivity index (χ1v) is 8.39. The number of hydrogen-bond acceptors (Lipinski definition) is 3. The van der Waals surface area contributed by atoms with Gasteiger partial charge < -0.3 is 15.0 Å². The van der Waals surface area contributed by atoms with Crippen molar-refractivity contribution in [3.8, 4) is 11.4 Å². The largest absolute Gasteiger partial charge is 0.492 e. The average Bonchev–Trinajstić information content (AvgIpc) is 2.96. The molecule has 4 heteroatoms. The number of nitrogens with two attached hydrogens (primary N) is 1. The lowest BCUT2D eigenvalue weighted by Crippen LogP contribution is -2.43. The lowest BCUT2D eigenvalue weighted by molar-refractivity contribution is 0.207. The van der Waals surface area contributed by atoms with Crippen molar-refractivity contribution in [2.45, 2.75) is 32.7 Å². The minimum Gasteiger partial charge on any atom is -0.492 e. The molecule has 24 heavy (non-hydrogen) atoms. The molecule has 1 aromatic carbocycles. The fourth-order valence-electron chi connectivity index (χ4n) is 3.13. The fourth-order valence-corrected chi connectivity index (χ4v) is 3.13. The summed E-state index contributed by atoms with van der Waals surface area (Å²) in [4.78, 5) is 4.37. The molecule has 4 nitrogen and oxygen atoms in total. The van der Waals surface area contributed by atoms with Gasteiger partial charge in [-0.3, -0.25) is 4.98 Å². The van der Waals surface area contributed by atoms with E-state index in [9.17, 15) is 0 Å². The van der Waals surface area contributed by atoms with Crippen LogP contribution in [0.3, 0.4) is 0 Å². The van der Waals surface area contributed by atoms with Gasteiger partial charge in [-0.1, -0.05) is 13.8 Å². The lowest BCUT2D eigenvalue weighted by Gasteiger charge is -2.26. The molecule has 1 atom stereocenters. The molecule has 0 aliphatic carbocycles. The summed E-state index contributed by atoms with van der Waals surface area (Å²) < 4.78 is 8.01. The van der Waals surface area contributed by atoms with Crippen LogP contribution in [0, 0.1) is 5.92 Å². The summed E-state index contributed by atoms with van der Waals surface area (Å²) in [5, 5.41) is 0. The van der Waals surface area contributed by atoms with E-state index in [0.29, 0.717) is 12.5 Å². The van der Waals surface area contributed by atoms with Gasteiger partial charge in [0.05, 0.1) is 11.0 Å². The highest BCUT2D eigenvalue weighted by atomic mass is 16.5. The number of pyridine rings is 1. The van der Waals surface area contributed by atoms with E-state index < -0.39 is 0 Å². The van der Waals surface area contributed by atoms with Gasteiger partial charge in [0.2, 0.25) is 0 Å². The molecular formula is C20H25N3O. The Morgan fingerprint density at radius 2 is 1.92 bits per heavy atom. The van der Waals surface area contributed by atoms with Crippen LogP contribution in [-0.4, -0.2) is 21.7 Å². The molecule has 0 bridgehead atoms. The molecule has 0 saturated heterocycles. The maximum absolute atomic E-state index is 6.30. The molecule has 0 radical (unpaired) electrons. The van der Waals surface area contributed by atoms with Crippen LogP contribution in [0.15, 0.2) is 54.9 Å². The first-order valence-electron chi connectivity index (χ1n) is 8.39. The standard InChI is InChI=1S/C20H25N3O/c1-15(2)13-20(3,21)14-24-17-8-6-16(7-9-17)23-12-10-18-19(23)5-4-11-22-18/h4-12,15H,13-14,21H2,1-3H3/t20-/m0/s1. The molecule has 2 aromatic heterocycles. The molecule has 0 fully saturated rings. The molecule has 2 heterocycles. The van der Waals surface area contributed by atoms with Crippen LogP contribution in [0.2, 0.25) is 0 Å². The van der Waals surface area contributed by atoms with Gasteiger partial charge in [-0.25, -0.2) is 0 Å². The molecule has 0 aliphatic rings. The number of benzene rings is 1. The van der Waals surface area contributed by atoms with Crippen molar-refractivity contribution in [1.82, 2.24) is 9.55 Å². The molecule has 0 saturated carbocycles. The number of rotatable bonds is 6. The van der Waals surface area contributed by atoms with E-state index in [4.69, 9.17) is 10.5 Å². The number of fused-ring (bicyclic) bond motifs is 1. The summed E-state index contributed by atoms with van der Waals surface area (Å²) in [6, 6.07) is 14.1. The molecule has 0 aliphatic heterocycles. The quantitative estimate of drug-likeness (QED) is 0.741. The number of ether oxygens (including phenoxy) is 1. The van der Waals surface area contributed by atoms with Gasteiger partial charge in [0.25, 0.3) is 0 Å². The van der Waals surface area contributed by atoms with Crippen LogP contribution in [0.4, 0.5) is 0 Å². The van der Waals surface area contributed by atoms with Crippen LogP contribution in [0.5, 0.6) is 5.75 Å². The lowest BCUT2D eigenvalue weighted by atomic mass is 9.93. The van der Waals surface area contributed by atoms with E-state index in [2.05, 4.69) is 41.6 Å². The summed E-state index contributed by atoms with van der Waals surface area (Å²) in [7, 11) is 0. The van der Waals surface area contributed by atoms with Gasteiger partial charge >= 0.3 is 0 Å².